The minimum absolute atomic E-state index is 0.161. The summed E-state index contributed by atoms with van der Waals surface area (Å²) < 4.78 is 88.3. The summed E-state index contributed by atoms with van der Waals surface area (Å²) in [4.78, 5) is 39.1. The van der Waals surface area contributed by atoms with Gasteiger partial charge in [-0.05, 0) is 22.3 Å². The van der Waals surface area contributed by atoms with Crippen molar-refractivity contribution in [1.29, 1.82) is 0 Å². The van der Waals surface area contributed by atoms with Gasteiger partial charge in [-0.1, -0.05) is 121 Å². The average Bonchev–Trinajstić information content (AvgIpc) is 3.43. The Morgan fingerprint density at radius 1 is 0.507 bits per heavy atom. The van der Waals surface area contributed by atoms with Crippen molar-refractivity contribution in [2.75, 3.05) is 47.4 Å². The maximum Gasteiger partial charge on any atom is 0.303 e. The molecule has 7 rings (SSSR count). The van der Waals surface area contributed by atoms with Crippen LogP contribution >= 0.6 is 11.8 Å². The first-order valence-corrected chi connectivity index (χ1v) is 25.5. The zero-order valence-corrected chi connectivity index (χ0v) is 44.0. The van der Waals surface area contributed by atoms with Crippen LogP contribution in [-0.4, -0.2) is 127 Å². The van der Waals surface area contributed by atoms with Crippen molar-refractivity contribution in [2.24, 2.45) is 0 Å². The van der Waals surface area contributed by atoms with Gasteiger partial charge in [0.05, 0.1) is 58.8 Å². The second-order valence-electron chi connectivity index (χ2n) is 17.6. The van der Waals surface area contributed by atoms with E-state index in [0.717, 1.165) is 22.3 Å². The molecule has 0 radical (unpaired) electrons. The van der Waals surface area contributed by atoms with E-state index in [4.69, 9.17) is 66.3 Å². The molecule has 17 nitrogen and oxygen atoms in total. The van der Waals surface area contributed by atoms with Crippen LogP contribution < -0.4 is 14.2 Å². The van der Waals surface area contributed by atoms with E-state index in [9.17, 15) is 14.4 Å². The van der Waals surface area contributed by atoms with Gasteiger partial charge in [-0.25, -0.2) is 0 Å². The highest BCUT2D eigenvalue weighted by Crippen LogP contribution is 2.44. The molecule has 0 N–H and O–H groups in total. The summed E-state index contributed by atoms with van der Waals surface area (Å²) in [5.74, 6) is -0.310. The monoisotopic (exact) mass is 1050 g/mol. The lowest BCUT2D eigenvalue weighted by molar-refractivity contribution is -0.347. The van der Waals surface area contributed by atoms with Gasteiger partial charge in [0.25, 0.3) is 0 Å². The fourth-order valence-corrected chi connectivity index (χ4v) is 9.91. The quantitative estimate of drug-likeness (QED) is 0.0293. The molecule has 11 atom stereocenters. The van der Waals surface area contributed by atoms with E-state index in [2.05, 4.69) is 0 Å². The van der Waals surface area contributed by atoms with Crippen molar-refractivity contribution in [3.05, 3.63) is 156 Å². The lowest BCUT2D eigenvalue weighted by atomic mass is 9.96. The largest absolute Gasteiger partial charge is 0.496 e. The molecule has 5 aromatic rings. The molecule has 2 heterocycles. The molecule has 75 heavy (non-hydrogen) atoms. The SMILES string of the molecule is COc1cc(OC)c(SC[C@@H](O[C@H]2[C@@H](OC[C@H]3O[C@H](OC)[C@H](OCc4ccccc4)[C@@H](OCc4ccccc4)[C@@H]3OCc3ccccc3)O[C@H](COC(C)=O)[C@@H](OC(C)=O)[C@@H]2OC(C)=O)c2ccccc2)c(OC)c1. The fraction of sp³-hybridized carbons (Fsp3) is 0.421. The van der Waals surface area contributed by atoms with E-state index in [1.165, 1.54) is 39.6 Å². The first kappa shape index (κ1) is 56.7. The van der Waals surface area contributed by atoms with Crippen LogP contribution in [0.15, 0.2) is 138 Å². The van der Waals surface area contributed by atoms with Crippen molar-refractivity contribution in [3.8, 4) is 17.2 Å². The Kier molecular flexibility index (Phi) is 21.7. The number of ether oxygens (including phenoxy) is 14. The Hall–Kier alpha value is -6.06. The minimum Gasteiger partial charge on any atom is -0.496 e. The highest BCUT2D eigenvalue weighted by molar-refractivity contribution is 7.99. The van der Waals surface area contributed by atoms with Gasteiger partial charge < -0.3 is 66.3 Å². The number of esters is 3. The molecule has 0 bridgehead atoms. The smallest absolute Gasteiger partial charge is 0.303 e. The number of rotatable bonds is 26. The van der Waals surface area contributed by atoms with E-state index >= 15 is 0 Å². The standard InChI is InChI=1S/C57H66O17S/c1-36(58)65-33-47-50(70-37(2)59)52(71-38(3)60)54(72-48(42-26-18-11-19-27-42)35-75-55-44(62-5)28-43(61-4)29-45(55)63-6)57(74-47)69-34-46-49(66-30-39-20-12-8-13-21-39)51(67-31-40-22-14-9-15-23-40)53(56(64-7)73-46)68-32-41-24-16-10-17-25-41/h8-29,46-54,56-57H,30-35H2,1-7H3/t46-,47-,48-,49-,50-,51+,52+,53-,54-,56+,57+/m1/s1. The third-order valence-electron chi connectivity index (χ3n) is 12.3. The molecule has 5 aromatic carbocycles. The van der Waals surface area contributed by atoms with Crippen molar-refractivity contribution in [2.45, 2.75) is 113 Å². The lowest BCUT2D eigenvalue weighted by Crippen LogP contribution is -2.64. The molecule has 0 amide bonds. The number of methoxy groups -OCH3 is 4. The number of hydrogen-bond acceptors (Lipinski definition) is 18. The maximum atomic E-state index is 13.2. The van der Waals surface area contributed by atoms with Crippen LogP contribution in [0, 0.1) is 0 Å². The molecule has 0 saturated carbocycles. The fourth-order valence-electron chi connectivity index (χ4n) is 8.76. The highest BCUT2D eigenvalue weighted by atomic mass is 32.2. The third-order valence-corrected chi connectivity index (χ3v) is 13.5. The molecule has 2 fully saturated rings. The van der Waals surface area contributed by atoms with Crippen molar-refractivity contribution in [1.82, 2.24) is 0 Å². The summed E-state index contributed by atoms with van der Waals surface area (Å²) in [5.41, 5.74) is 3.46. The van der Waals surface area contributed by atoms with Gasteiger partial charge >= 0.3 is 17.9 Å². The summed E-state index contributed by atoms with van der Waals surface area (Å²) in [6.07, 6.45) is -11.9. The number of carbonyl (C=O) groups is 3. The van der Waals surface area contributed by atoms with Gasteiger partial charge in [0.1, 0.15) is 60.5 Å². The van der Waals surface area contributed by atoms with Gasteiger partial charge in [0.15, 0.2) is 24.8 Å². The summed E-state index contributed by atoms with van der Waals surface area (Å²) in [6, 6.07) is 42.0. The number of benzene rings is 5. The summed E-state index contributed by atoms with van der Waals surface area (Å²) >= 11 is 1.38. The molecular weight excluding hydrogens is 989 g/mol. The molecule has 402 valence electrons. The molecular formula is C57H66O17S. The highest BCUT2D eigenvalue weighted by Gasteiger charge is 2.54. The van der Waals surface area contributed by atoms with Gasteiger partial charge in [0, 0.05) is 45.8 Å². The summed E-state index contributed by atoms with van der Waals surface area (Å²) in [5, 5.41) is 0. The molecule has 0 spiro atoms. The van der Waals surface area contributed by atoms with Crippen LogP contribution in [-0.2, 0) is 86.3 Å². The van der Waals surface area contributed by atoms with Crippen molar-refractivity contribution < 1.29 is 80.7 Å². The maximum absolute atomic E-state index is 13.2. The molecule has 2 saturated heterocycles. The molecule has 2 aliphatic heterocycles. The first-order chi connectivity index (χ1) is 36.5. The Balaban J connectivity index is 1.28. The van der Waals surface area contributed by atoms with Gasteiger partial charge in [-0.2, -0.15) is 0 Å². The van der Waals surface area contributed by atoms with Gasteiger partial charge in [-0.15, -0.1) is 11.8 Å². The van der Waals surface area contributed by atoms with Crippen LogP contribution in [0.4, 0.5) is 0 Å². The van der Waals surface area contributed by atoms with E-state index in [-0.39, 0.29) is 32.2 Å². The number of thioether (sulfide) groups is 1. The van der Waals surface area contributed by atoms with E-state index < -0.39 is 92.0 Å². The molecule has 0 aromatic heterocycles. The zero-order valence-electron chi connectivity index (χ0n) is 43.1. The lowest BCUT2D eigenvalue weighted by Gasteiger charge is -2.47. The third kappa shape index (κ3) is 16.0. The molecule has 2 aliphatic rings. The van der Waals surface area contributed by atoms with Crippen molar-refractivity contribution >= 4 is 29.7 Å². The Morgan fingerprint density at radius 3 is 1.48 bits per heavy atom. The summed E-state index contributed by atoms with van der Waals surface area (Å²) in [7, 11) is 6.17. The molecule has 0 unspecified atom stereocenters. The topological polar surface area (TPSA) is 180 Å². The van der Waals surface area contributed by atoms with Crippen LogP contribution in [0.3, 0.4) is 0 Å². The average molecular weight is 1060 g/mol. The van der Waals surface area contributed by atoms with Crippen LogP contribution in [0.1, 0.15) is 49.1 Å². The van der Waals surface area contributed by atoms with E-state index in [1.54, 1.807) is 33.5 Å². The van der Waals surface area contributed by atoms with E-state index in [1.807, 2.05) is 121 Å². The number of carbonyl (C=O) groups excluding carboxylic acids is 3. The van der Waals surface area contributed by atoms with E-state index in [0.29, 0.717) is 22.1 Å². The van der Waals surface area contributed by atoms with Gasteiger partial charge in [-0.3, -0.25) is 14.4 Å². The Morgan fingerprint density at radius 2 is 0.987 bits per heavy atom. The second-order valence-corrected chi connectivity index (χ2v) is 18.6. The second kappa shape index (κ2) is 28.7. The summed E-state index contributed by atoms with van der Waals surface area (Å²) in [6.45, 7) is 3.58. The normalized spacial score (nSPS) is 23.8. The Bertz CT molecular complexity index is 2500. The van der Waals surface area contributed by atoms with Crippen LogP contribution in [0.2, 0.25) is 0 Å². The predicted molar refractivity (Wildman–Crippen MR) is 274 cm³/mol. The first-order valence-electron chi connectivity index (χ1n) is 24.5. The number of hydrogen-bond donors (Lipinski definition) is 0. The Labute approximate surface area is 442 Å². The van der Waals surface area contributed by atoms with Gasteiger partial charge in [0.2, 0.25) is 0 Å². The van der Waals surface area contributed by atoms with Crippen LogP contribution in [0.25, 0.3) is 0 Å². The molecule has 18 heteroatoms. The minimum atomic E-state index is -1.42. The van der Waals surface area contributed by atoms with Crippen LogP contribution in [0.5, 0.6) is 17.2 Å². The van der Waals surface area contributed by atoms with Crippen molar-refractivity contribution in [3.63, 3.8) is 0 Å². The molecule has 0 aliphatic carbocycles. The predicted octanol–water partition coefficient (Wildman–Crippen LogP) is 8.23. The zero-order chi connectivity index (χ0) is 53.1.